The maximum absolute atomic E-state index is 14.3. The van der Waals surface area contributed by atoms with Gasteiger partial charge in [0.15, 0.2) is 0 Å². The van der Waals surface area contributed by atoms with Crippen LogP contribution >= 0.6 is 11.3 Å². The lowest BCUT2D eigenvalue weighted by Crippen LogP contribution is -2.55. The zero-order chi connectivity index (χ0) is 29.6. The summed E-state index contributed by atoms with van der Waals surface area (Å²) < 4.78 is 43.3. The summed E-state index contributed by atoms with van der Waals surface area (Å²) in [6, 6.07) is 14.2. The van der Waals surface area contributed by atoms with Gasteiger partial charge in [-0.2, -0.15) is 17.4 Å². The summed E-state index contributed by atoms with van der Waals surface area (Å²) in [5.74, 6) is 3.28. The van der Waals surface area contributed by atoms with Crippen molar-refractivity contribution in [3.05, 3.63) is 87.4 Å². The summed E-state index contributed by atoms with van der Waals surface area (Å²) in [5.41, 5.74) is 2.06. The van der Waals surface area contributed by atoms with E-state index in [2.05, 4.69) is 21.9 Å². The van der Waals surface area contributed by atoms with Gasteiger partial charge in [0, 0.05) is 47.9 Å². The van der Waals surface area contributed by atoms with Gasteiger partial charge in [0.05, 0.1) is 12.1 Å². The number of rotatable bonds is 9. The highest BCUT2D eigenvalue weighted by Crippen LogP contribution is 2.19. The fourth-order valence-corrected chi connectivity index (χ4v) is 6.38. The van der Waals surface area contributed by atoms with E-state index in [0.29, 0.717) is 25.2 Å². The number of nitrogens with one attached hydrogen (secondary N) is 2. The molecule has 9 nitrogen and oxygen atoms in total. The minimum Gasteiger partial charge on any atom is -0.480 e. The summed E-state index contributed by atoms with van der Waals surface area (Å²) in [6.45, 7) is 4.94. The van der Waals surface area contributed by atoms with E-state index in [4.69, 9.17) is 0 Å². The molecule has 1 amide bonds. The first-order valence-electron chi connectivity index (χ1n) is 13.0. The third-order valence-corrected chi connectivity index (χ3v) is 9.06. The van der Waals surface area contributed by atoms with E-state index in [-0.39, 0.29) is 18.7 Å². The second kappa shape index (κ2) is 13.3. The smallest absolute Gasteiger partial charge is 0.322 e. The number of hydrogen-bond acceptors (Lipinski definition) is 6. The molecule has 12 heteroatoms. The van der Waals surface area contributed by atoms with Gasteiger partial charge in [-0.1, -0.05) is 31.8 Å². The Morgan fingerprint density at radius 2 is 1.68 bits per heavy atom. The Labute approximate surface area is 243 Å². The van der Waals surface area contributed by atoms with Crippen LogP contribution in [-0.2, 0) is 21.5 Å². The quantitative estimate of drug-likeness (QED) is 0.326. The predicted octanol–water partition coefficient (Wildman–Crippen LogP) is 3.28. The zero-order valence-corrected chi connectivity index (χ0v) is 24.3. The molecule has 0 saturated carbocycles. The highest BCUT2D eigenvalue weighted by atomic mass is 32.2. The van der Waals surface area contributed by atoms with Crippen LogP contribution in [0.2, 0.25) is 0 Å². The third kappa shape index (κ3) is 7.92. The van der Waals surface area contributed by atoms with E-state index in [1.807, 2.05) is 46.7 Å². The predicted molar refractivity (Wildman–Crippen MR) is 156 cm³/mol. The van der Waals surface area contributed by atoms with Crippen LogP contribution in [0.15, 0.2) is 60.0 Å². The van der Waals surface area contributed by atoms with E-state index in [1.54, 1.807) is 13.8 Å². The standard InChI is InChI=1S/C29H31FN4O5S2/c1-20(2)27(29(36)37)32-41(38,39)34-15-13-33(14-16-34)23-10-7-21(8-11-23)5-6-22-9-12-26(30)25(18-22)28(35)31-19-24-4-3-17-40-24/h3-4,7-12,17-18,20,27,32H,13-16,19H2,1-2H3,(H,31,35)(H,36,37). The Balaban J connectivity index is 1.35. The minimum atomic E-state index is -3.93. The van der Waals surface area contributed by atoms with Gasteiger partial charge in [-0.05, 0) is 59.8 Å². The average molecular weight is 599 g/mol. The normalized spacial score (nSPS) is 14.8. The molecule has 1 fully saturated rings. The van der Waals surface area contributed by atoms with Crippen molar-refractivity contribution in [2.24, 2.45) is 5.92 Å². The molecule has 1 aromatic heterocycles. The van der Waals surface area contributed by atoms with E-state index in [9.17, 15) is 27.5 Å². The summed E-state index contributed by atoms with van der Waals surface area (Å²) in [5, 5.41) is 14.0. The van der Waals surface area contributed by atoms with Crippen LogP contribution in [0.5, 0.6) is 0 Å². The number of amides is 1. The number of carbonyl (C=O) groups excluding carboxylic acids is 1. The number of anilines is 1. The second-order valence-electron chi connectivity index (χ2n) is 9.82. The number of carboxylic acid groups (broad SMARTS) is 1. The van der Waals surface area contributed by atoms with E-state index in [1.165, 1.54) is 33.8 Å². The molecule has 216 valence electrons. The SMILES string of the molecule is CC(C)C(NS(=O)(=O)N1CCN(c2ccc(C#Cc3ccc(F)c(C(=O)NCc4cccs4)c3)cc2)CC1)C(=O)O. The highest BCUT2D eigenvalue weighted by molar-refractivity contribution is 7.87. The lowest BCUT2D eigenvalue weighted by Gasteiger charge is -2.36. The van der Waals surface area contributed by atoms with Gasteiger partial charge >= 0.3 is 5.97 Å². The molecule has 1 aliphatic heterocycles. The van der Waals surface area contributed by atoms with Gasteiger partial charge in [0.1, 0.15) is 11.9 Å². The van der Waals surface area contributed by atoms with Crippen molar-refractivity contribution in [3.8, 4) is 11.8 Å². The molecule has 0 bridgehead atoms. The number of halogens is 1. The number of carboxylic acids is 1. The third-order valence-electron chi connectivity index (χ3n) is 6.59. The number of hydrogen-bond donors (Lipinski definition) is 3. The number of nitrogens with zero attached hydrogens (tertiary/aromatic N) is 2. The fraction of sp³-hybridized carbons (Fsp3) is 0.310. The van der Waals surface area contributed by atoms with Crippen molar-refractivity contribution in [3.63, 3.8) is 0 Å². The number of thiophene rings is 1. The van der Waals surface area contributed by atoms with Crippen molar-refractivity contribution < 1.29 is 27.5 Å². The van der Waals surface area contributed by atoms with Crippen LogP contribution in [-0.4, -0.2) is 61.9 Å². The molecular formula is C29H31FN4O5S2. The molecule has 2 heterocycles. The molecule has 1 saturated heterocycles. The van der Waals surface area contributed by atoms with Crippen molar-refractivity contribution >= 4 is 39.1 Å². The highest BCUT2D eigenvalue weighted by Gasteiger charge is 2.33. The number of benzene rings is 2. The molecule has 4 rings (SSSR count). The first kappa shape index (κ1) is 30.2. The maximum Gasteiger partial charge on any atom is 0.322 e. The Morgan fingerprint density at radius 1 is 1.02 bits per heavy atom. The van der Waals surface area contributed by atoms with E-state index < -0.39 is 39.9 Å². The molecule has 1 atom stereocenters. The van der Waals surface area contributed by atoms with Crippen LogP contribution in [0.4, 0.5) is 10.1 Å². The summed E-state index contributed by atoms with van der Waals surface area (Å²) >= 11 is 1.51. The van der Waals surface area contributed by atoms with Crippen LogP contribution in [0.25, 0.3) is 0 Å². The lowest BCUT2D eigenvalue weighted by atomic mass is 10.1. The van der Waals surface area contributed by atoms with Gasteiger partial charge in [-0.3, -0.25) is 9.59 Å². The Bertz CT molecular complexity index is 1540. The minimum absolute atomic E-state index is 0.0669. The number of carbonyl (C=O) groups is 2. The van der Waals surface area contributed by atoms with Crippen molar-refractivity contribution in [1.82, 2.24) is 14.3 Å². The molecule has 3 N–H and O–H groups in total. The average Bonchev–Trinajstić information content (AvgIpc) is 3.48. The van der Waals surface area contributed by atoms with Crippen molar-refractivity contribution in [2.75, 3.05) is 31.1 Å². The Kier molecular flexibility index (Phi) is 9.77. The first-order chi connectivity index (χ1) is 19.5. The molecule has 0 radical (unpaired) electrons. The van der Waals surface area contributed by atoms with Gasteiger partial charge in [-0.25, -0.2) is 4.39 Å². The number of piperazine rings is 1. The molecule has 1 unspecified atom stereocenters. The molecule has 1 aliphatic rings. The monoisotopic (exact) mass is 598 g/mol. The van der Waals surface area contributed by atoms with Gasteiger partial charge < -0.3 is 15.3 Å². The van der Waals surface area contributed by atoms with Crippen LogP contribution in [0.1, 0.15) is 40.2 Å². The zero-order valence-electron chi connectivity index (χ0n) is 22.6. The van der Waals surface area contributed by atoms with Gasteiger partial charge in [0.2, 0.25) is 0 Å². The molecule has 2 aromatic carbocycles. The largest absolute Gasteiger partial charge is 0.480 e. The van der Waals surface area contributed by atoms with Gasteiger partial charge in [0.25, 0.3) is 16.1 Å². The first-order valence-corrected chi connectivity index (χ1v) is 15.3. The van der Waals surface area contributed by atoms with Crippen LogP contribution in [0.3, 0.4) is 0 Å². The van der Waals surface area contributed by atoms with E-state index in [0.717, 1.165) is 16.1 Å². The van der Waals surface area contributed by atoms with E-state index >= 15 is 0 Å². The Morgan fingerprint density at radius 3 is 2.29 bits per heavy atom. The lowest BCUT2D eigenvalue weighted by molar-refractivity contribution is -0.140. The molecule has 0 aliphatic carbocycles. The van der Waals surface area contributed by atoms with Crippen molar-refractivity contribution in [1.29, 1.82) is 0 Å². The van der Waals surface area contributed by atoms with Crippen molar-refractivity contribution in [2.45, 2.75) is 26.4 Å². The topological polar surface area (TPSA) is 119 Å². The molecule has 41 heavy (non-hydrogen) atoms. The van der Waals surface area contributed by atoms with Gasteiger partial charge in [-0.15, -0.1) is 11.3 Å². The number of aliphatic carboxylic acids is 1. The van der Waals surface area contributed by atoms with Crippen LogP contribution in [0, 0.1) is 23.6 Å². The maximum atomic E-state index is 14.3. The summed E-state index contributed by atoms with van der Waals surface area (Å²) in [4.78, 5) is 26.9. The second-order valence-corrected chi connectivity index (χ2v) is 12.6. The van der Waals surface area contributed by atoms with Crippen LogP contribution < -0.4 is 14.9 Å². The summed E-state index contributed by atoms with van der Waals surface area (Å²) in [7, 11) is -3.93. The Hall–Kier alpha value is -3.76. The summed E-state index contributed by atoms with van der Waals surface area (Å²) in [6.07, 6.45) is 0. The molecular weight excluding hydrogens is 567 g/mol. The molecule has 3 aromatic rings. The molecule has 0 spiro atoms. The fourth-order valence-electron chi connectivity index (χ4n) is 4.25.